The lowest BCUT2D eigenvalue weighted by molar-refractivity contribution is 0.127. The molecule has 25 heavy (non-hydrogen) atoms. The maximum atomic E-state index is 13.0. The average molecular weight is 340 g/mol. The first-order chi connectivity index (χ1) is 12.0. The Bertz CT molecular complexity index is 1090. The number of fused-ring (bicyclic) bond motifs is 4. The Morgan fingerprint density at radius 2 is 2.12 bits per heavy atom. The van der Waals surface area contributed by atoms with Crippen LogP contribution in [0.5, 0.6) is 17.2 Å². The largest absolute Gasteiger partial charge is 0.504 e. The summed E-state index contributed by atoms with van der Waals surface area (Å²) >= 11 is 0. The maximum Gasteiger partial charge on any atom is 0.204 e. The Balaban J connectivity index is 1.86. The molecule has 0 spiro atoms. The maximum absolute atomic E-state index is 13.0. The van der Waals surface area contributed by atoms with Gasteiger partial charge >= 0.3 is 0 Å². The van der Waals surface area contributed by atoms with E-state index in [4.69, 9.17) is 18.6 Å². The van der Waals surface area contributed by atoms with Gasteiger partial charge in [0.05, 0.1) is 19.1 Å². The molecule has 0 bridgehead atoms. The van der Waals surface area contributed by atoms with Gasteiger partial charge in [0.25, 0.3) is 0 Å². The second kappa shape index (κ2) is 4.67. The van der Waals surface area contributed by atoms with Crippen molar-refractivity contribution < 1.29 is 23.7 Å². The number of hydrogen-bond acceptors (Lipinski definition) is 6. The van der Waals surface area contributed by atoms with Crippen LogP contribution in [-0.4, -0.2) is 30.5 Å². The van der Waals surface area contributed by atoms with Gasteiger partial charge in [-0.25, -0.2) is 0 Å². The molecule has 2 atom stereocenters. The standard InChI is InChI=1S/C19H16O6/c1-19(8-23-19)14-6-10-12(24-14)7-13(22-2)15-16(21)9-4-3-5-11(20)17(9)25-18(10)15/h3-5,7,14,20H,6,8H2,1-2H3/t14-,19+/m1/s1. The lowest BCUT2D eigenvalue weighted by Gasteiger charge is -2.14. The molecule has 0 unspecified atom stereocenters. The minimum atomic E-state index is -0.308. The number of ether oxygens (including phenoxy) is 3. The number of rotatable bonds is 2. The first kappa shape index (κ1) is 14.6. The van der Waals surface area contributed by atoms with Crippen LogP contribution in [-0.2, 0) is 11.2 Å². The van der Waals surface area contributed by atoms with Crippen LogP contribution in [0.25, 0.3) is 21.9 Å². The topological polar surface area (TPSA) is 81.4 Å². The molecular formula is C19H16O6. The quantitative estimate of drug-likeness (QED) is 0.571. The number of aromatic hydroxyl groups is 1. The van der Waals surface area contributed by atoms with Gasteiger partial charge in [-0.1, -0.05) is 6.07 Å². The lowest BCUT2D eigenvalue weighted by atomic mass is 9.98. The van der Waals surface area contributed by atoms with Crippen LogP contribution >= 0.6 is 0 Å². The molecule has 2 aromatic carbocycles. The molecule has 3 aromatic rings. The van der Waals surface area contributed by atoms with Crippen molar-refractivity contribution in [1.82, 2.24) is 0 Å². The van der Waals surface area contributed by atoms with Crippen molar-refractivity contribution >= 4 is 21.9 Å². The highest BCUT2D eigenvalue weighted by Gasteiger charge is 2.51. The van der Waals surface area contributed by atoms with E-state index in [9.17, 15) is 9.90 Å². The highest BCUT2D eigenvalue weighted by Crippen LogP contribution is 2.46. The molecular weight excluding hydrogens is 324 g/mol. The van der Waals surface area contributed by atoms with Crippen molar-refractivity contribution in [1.29, 1.82) is 0 Å². The first-order valence-electron chi connectivity index (χ1n) is 8.11. The molecule has 1 saturated heterocycles. The zero-order valence-electron chi connectivity index (χ0n) is 13.8. The Labute approximate surface area is 142 Å². The van der Waals surface area contributed by atoms with Crippen molar-refractivity contribution in [2.24, 2.45) is 0 Å². The zero-order valence-corrected chi connectivity index (χ0v) is 13.8. The number of epoxide rings is 1. The molecule has 0 amide bonds. The first-order valence-corrected chi connectivity index (χ1v) is 8.11. The van der Waals surface area contributed by atoms with E-state index in [0.29, 0.717) is 40.9 Å². The van der Waals surface area contributed by atoms with Crippen molar-refractivity contribution in [2.75, 3.05) is 13.7 Å². The Morgan fingerprint density at radius 1 is 1.32 bits per heavy atom. The fourth-order valence-corrected chi connectivity index (χ4v) is 3.51. The summed E-state index contributed by atoms with van der Waals surface area (Å²) in [6, 6.07) is 6.47. The SMILES string of the molecule is COc1cc2c(c3oc4c(O)cccc4c(=O)c13)C[C@H]([C@]1(C)CO1)O2. The van der Waals surface area contributed by atoms with Crippen molar-refractivity contribution in [3.63, 3.8) is 0 Å². The molecule has 5 rings (SSSR count). The minimum absolute atomic E-state index is 0.0685. The number of benzene rings is 2. The molecule has 2 aliphatic heterocycles. The molecule has 3 heterocycles. The molecule has 1 fully saturated rings. The molecule has 0 radical (unpaired) electrons. The molecule has 0 saturated carbocycles. The van der Waals surface area contributed by atoms with Crippen LogP contribution in [0, 0.1) is 0 Å². The summed E-state index contributed by atoms with van der Waals surface area (Å²) in [6.07, 6.45) is 0.442. The second-order valence-corrected chi connectivity index (χ2v) is 6.76. The van der Waals surface area contributed by atoms with Gasteiger partial charge in [-0.05, 0) is 19.1 Å². The van der Waals surface area contributed by atoms with Crippen molar-refractivity contribution in [3.05, 3.63) is 40.1 Å². The second-order valence-electron chi connectivity index (χ2n) is 6.76. The number of methoxy groups -OCH3 is 1. The van der Waals surface area contributed by atoms with Gasteiger partial charge in [0, 0.05) is 18.1 Å². The van der Waals surface area contributed by atoms with Crippen LogP contribution in [0.15, 0.2) is 33.5 Å². The van der Waals surface area contributed by atoms with Gasteiger partial charge in [-0.3, -0.25) is 4.79 Å². The average Bonchev–Trinajstić information content (AvgIpc) is 3.20. The van der Waals surface area contributed by atoms with E-state index in [2.05, 4.69) is 0 Å². The summed E-state index contributed by atoms with van der Waals surface area (Å²) in [4.78, 5) is 13.0. The summed E-state index contributed by atoms with van der Waals surface area (Å²) in [5.41, 5.74) is 0.842. The van der Waals surface area contributed by atoms with E-state index < -0.39 is 0 Å². The van der Waals surface area contributed by atoms with E-state index in [1.54, 1.807) is 18.2 Å². The zero-order chi connectivity index (χ0) is 17.3. The summed E-state index contributed by atoms with van der Waals surface area (Å²) in [5, 5.41) is 10.8. The molecule has 0 aliphatic carbocycles. The fraction of sp³-hybridized carbons (Fsp3) is 0.316. The summed E-state index contributed by atoms with van der Waals surface area (Å²) in [5.74, 6) is 0.959. The molecule has 1 aromatic heterocycles. The number of hydrogen-bond donors (Lipinski definition) is 1. The third kappa shape index (κ3) is 1.91. The van der Waals surface area contributed by atoms with Crippen LogP contribution in [0.1, 0.15) is 12.5 Å². The van der Waals surface area contributed by atoms with E-state index in [-0.39, 0.29) is 28.5 Å². The molecule has 2 aliphatic rings. The van der Waals surface area contributed by atoms with E-state index >= 15 is 0 Å². The van der Waals surface area contributed by atoms with Crippen molar-refractivity contribution in [2.45, 2.75) is 25.0 Å². The monoisotopic (exact) mass is 340 g/mol. The number of phenols is 1. The van der Waals surface area contributed by atoms with Gasteiger partial charge < -0.3 is 23.7 Å². The predicted octanol–water partition coefficient (Wildman–Crippen LogP) is 2.75. The van der Waals surface area contributed by atoms with Gasteiger partial charge in [0.1, 0.15) is 34.2 Å². The smallest absolute Gasteiger partial charge is 0.204 e. The third-order valence-corrected chi connectivity index (χ3v) is 5.14. The Morgan fingerprint density at radius 3 is 2.84 bits per heavy atom. The Kier molecular flexibility index (Phi) is 2.73. The Hall–Kier alpha value is -2.73. The summed E-state index contributed by atoms with van der Waals surface area (Å²) in [7, 11) is 1.50. The van der Waals surface area contributed by atoms with Gasteiger partial charge in [-0.15, -0.1) is 0 Å². The number of phenolic OH excluding ortho intramolecular Hbond substituents is 1. The highest BCUT2D eigenvalue weighted by molar-refractivity contribution is 5.97. The van der Waals surface area contributed by atoms with Gasteiger partial charge in [0.15, 0.2) is 11.3 Å². The number of para-hydroxylation sites is 1. The lowest BCUT2D eigenvalue weighted by Crippen LogP contribution is -2.30. The molecule has 6 nitrogen and oxygen atoms in total. The molecule has 128 valence electrons. The molecule has 1 N–H and O–H groups in total. The minimum Gasteiger partial charge on any atom is -0.504 e. The van der Waals surface area contributed by atoms with Crippen LogP contribution in [0.4, 0.5) is 0 Å². The molecule has 6 heteroatoms. The van der Waals surface area contributed by atoms with Gasteiger partial charge in [0.2, 0.25) is 5.43 Å². The fourth-order valence-electron chi connectivity index (χ4n) is 3.51. The van der Waals surface area contributed by atoms with Crippen molar-refractivity contribution in [3.8, 4) is 17.2 Å². The summed E-state index contributed by atoms with van der Waals surface area (Å²) < 4.78 is 22.9. The van der Waals surface area contributed by atoms with Gasteiger partial charge in [-0.2, -0.15) is 0 Å². The van der Waals surface area contributed by atoms with Crippen LogP contribution < -0.4 is 14.9 Å². The summed E-state index contributed by atoms with van der Waals surface area (Å²) in [6.45, 7) is 2.65. The van der Waals surface area contributed by atoms with Crippen LogP contribution in [0.3, 0.4) is 0 Å². The van der Waals surface area contributed by atoms with E-state index in [1.165, 1.54) is 13.2 Å². The normalized spacial score (nSPS) is 24.3. The van der Waals surface area contributed by atoms with Crippen LogP contribution in [0.2, 0.25) is 0 Å². The van der Waals surface area contributed by atoms with E-state index in [0.717, 1.165) is 5.56 Å². The predicted molar refractivity (Wildman–Crippen MR) is 90.7 cm³/mol. The highest BCUT2D eigenvalue weighted by atomic mass is 16.6. The third-order valence-electron chi connectivity index (χ3n) is 5.14. The van der Waals surface area contributed by atoms with E-state index in [1.807, 2.05) is 6.92 Å².